The van der Waals surface area contributed by atoms with Crippen LogP contribution in [0, 0.1) is 0 Å². The van der Waals surface area contributed by atoms with Gasteiger partial charge in [-0.3, -0.25) is 0 Å². The topological polar surface area (TPSA) is 40.5 Å². The summed E-state index contributed by atoms with van der Waals surface area (Å²) in [4.78, 5) is 15.5. The van der Waals surface area contributed by atoms with Crippen molar-refractivity contribution in [1.82, 2.24) is 0 Å². The van der Waals surface area contributed by atoms with E-state index in [1.165, 1.54) is 16.6 Å². The second kappa shape index (κ2) is 6.65. The molecule has 0 aliphatic carbocycles. The number of carboxylic acids is 1. The van der Waals surface area contributed by atoms with Crippen LogP contribution in [-0.4, -0.2) is 24.4 Å². The highest BCUT2D eigenvalue weighted by molar-refractivity contribution is 9.10. The first-order valence-electron chi connectivity index (χ1n) is 5.87. The van der Waals surface area contributed by atoms with Gasteiger partial charge in [0.2, 0.25) is 0 Å². The van der Waals surface area contributed by atoms with Crippen molar-refractivity contribution in [3.05, 3.63) is 44.6 Å². The van der Waals surface area contributed by atoms with Crippen molar-refractivity contribution in [1.29, 1.82) is 0 Å². The Morgan fingerprint density at radius 2 is 2.25 bits per heavy atom. The number of benzene rings is 1. The number of nitrogens with zero attached hydrogens (tertiary/aromatic N) is 1. The average molecular weight is 372 g/mol. The Kier molecular flexibility index (Phi) is 5.12. The van der Waals surface area contributed by atoms with E-state index < -0.39 is 5.97 Å². The molecule has 0 radical (unpaired) electrons. The standard InChI is InChI=1S/C14H14BrNO2S2/c1-16(7-10-6-9(15)8-20-10)11-4-3-5-12(19-2)13(11)14(17)18/h3-6,8H,7H2,1-2H3,(H,17,18). The van der Waals surface area contributed by atoms with Gasteiger partial charge in [-0.05, 0) is 40.4 Å². The van der Waals surface area contributed by atoms with Crippen molar-refractivity contribution >= 4 is 50.7 Å². The van der Waals surface area contributed by atoms with Gasteiger partial charge in [0, 0.05) is 26.7 Å². The Hall–Kier alpha value is -0.980. The minimum Gasteiger partial charge on any atom is -0.478 e. The lowest BCUT2D eigenvalue weighted by atomic mass is 10.1. The molecule has 2 aromatic rings. The van der Waals surface area contributed by atoms with E-state index >= 15 is 0 Å². The lowest BCUT2D eigenvalue weighted by Crippen LogP contribution is -2.19. The zero-order valence-electron chi connectivity index (χ0n) is 11.1. The molecule has 1 N–H and O–H groups in total. The molecule has 0 atom stereocenters. The van der Waals surface area contributed by atoms with Crippen LogP contribution < -0.4 is 4.90 Å². The van der Waals surface area contributed by atoms with Gasteiger partial charge < -0.3 is 10.0 Å². The summed E-state index contributed by atoms with van der Waals surface area (Å²) < 4.78 is 1.06. The molecule has 0 saturated carbocycles. The number of thiophene rings is 1. The lowest BCUT2D eigenvalue weighted by molar-refractivity contribution is 0.0694. The summed E-state index contributed by atoms with van der Waals surface area (Å²) in [5, 5.41) is 11.5. The molecule has 2 rings (SSSR count). The number of carbonyl (C=O) groups is 1. The monoisotopic (exact) mass is 371 g/mol. The number of hydrogen-bond donors (Lipinski definition) is 1. The molecule has 0 fully saturated rings. The van der Waals surface area contributed by atoms with Crippen LogP contribution in [0.3, 0.4) is 0 Å². The SMILES string of the molecule is CSc1cccc(N(C)Cc2cc(Br)cs2)c1C(=O)O. The zero-order valence-corrected chi connectivity index (χ0v) is 14.3. The van der Waals surface area contributed by atoms with Crippen LogP contribution in [0.4, 0.5) is 5.69 Å². The summed E-state index contributed by atoms with van der Waals surface area (Å²) in [5.74, 6) is -0.885. The van der Waals surface area contributed by atoms with Gasteiger partial charge in [0.15, 0.2) is 0 Å². The van der Waals surface area contributed by atoms with Crippen LogP contribution in [0.1, 0.15) is 15.2 Å². The first kappa shape index (κ1) is 15.4. The largest absolute Gasteiger partial charge is 0.478 e. The maximum absolute atomic E-state index is 11.5. The van der Waals surface area contributed by atoms with Gasteiger partial charge in [0.05, 0.1) is 17.8 Å². The minimum absolute atomic E-state index is 0.373. The van der Waals surface area contributed by atoms with Gasteiger partial charge in [0.1, 0.15) is 0 Å². The fourth-order valence-corrected chi connectivity index (χ4v) is 4.09. The third kappa shape index (κ3) is 3.37. The van der Waals surface area contributed by atoms with E-state index in [1.807, 2.05) is 41.8 Å². The van der Waals surface area contributed by atoms with Gasteiger partial charge in [-0.25, -0.2) is 4.79 Å². The molecule has 0 bridgehead atoms. The van der Waals surface area contributed by atoms with Gasteiger partial charge >= 0.3 is 5.97 Å². The molecule has 6 heteroatoms. The molecule has 1 aromatic carbocycles. The first-order chi connectivity index (χ1) is 9.52. The van der Waals surface area contributed by atoms with E-state index in [0.29, 0.717) is 12.1 Å². The predicted molar refractivity (Wildman–Crippen MR) is 89.3 cm³/mol. The molecule has 0 aliphatic rings. The van der Waals surface area contributed by atoms with E-state index in [9.17, 15) is 9.90 Å². The minimum atomic E-state index is -0.885. The summed E-state index contributed by atoms with van der Waals surface area (Å²) in [5.41, 5.74) is 1.12. The van der Waals surface area contributed by atoms with Crippen molar-refractivity contribution in [3.8, 4) is 0 Å². The molecule has 1 aromatic heterocycles. The molecule has 106 valence electrons. The van der Waals surface area contributed by atoms with Gasteiger partial charge in [-0.2, -0.15) is 0 Å². The van der Waals surface area contributed by atoms with Crippen molar-refractivity contribution in [3.63, 3.8) is 0 Å². The third-order valence-electron chi connectivity index (χ3n) is 2.86. The second-order valence-electron chi connectivity index (χ2n) is 4.25. The van der Waals surface area contributed by atoms with Crippen LogP contribution in [-0.2, 0) is 6.54 Å². The Bertz CT molecular complexity index is 627. The maximum atomic E-state index is 11.5. The number of hydrogen-bond acceptors (Lipinski definition) is 4. The van der Waals surface area contributed by atoms with E-state index in [0.717, 1.165) is 15.1 Å². The van der Waals surface area contributed by atoms with Crippen molar-refractivity contribution < 1.29 is 9.90 Å². The van der Waals surface area contributed by atoms with E-state index in [-0.39, 0.29) is 0 Å². The average Bonchev–Trinajstić information content (AvgIpc) is 2.82. The Morgan fingerprint density at radius 3 is 2.80 bits per heavy atom. The molecular formula is C14H14BrNO2S2. The number of aromatic carboxylic acids is 1. The summed E-state index contributed by atoms with van der Waals surface area (Å²) >= 11 is 6.54. The number of rotatable bonds is 5. The molecule has 1 heterocycles. The van der Waals surface area contributed by atoms with Crippen molar-refractivity contribution in [2.24, 2.45) is 0 Å². The Labute approximate surface area is 134 Å². The second-order valence-corrected chi connectivity index (χ2v) is 7.01. The van der Waals surface area contributed by atoms with Crippen molar-refractivity contribution in [2.75, 3.05) is 18.2 Å². The van der Waals surface area contributed by atoms with Gasteiger partial charge in [-0.1, -0.05) is 6.07 Å². The van der Waals surface area contributed by atoms with Crippen LogP contribution >= 0.6 is 39.0 Å². The highest BCUT2D eigenvalue weighted by atomic mass is 79.9. The molecule has 0 aliphatic heterocycles. The van der Waals surface area contributed by atoms with Crippen LogP contribution in [0.2, 0.25) is 0 Å². The molecular weight excluding hydrogens is 358 g/mol. The maximum Gasteiger partial charge on any atom is 0.338 e. The number of halogens is 1. The molecule has 0 spiro atoms. The quantitative estimate of drug-likeness (QED) is 0.781. The fourth-order valence-electron chi connectivity index (χ4n) is 1.98. The van der Waals surface area contributed by atoms with E-state index in [2.05, 4.69) is 22.0 Å². The normalized spacial score (nSPS) is 10.6. The zero-order chi connectivity index (χ0) is 14.7. The predicted octanol–water partition coefficient (Wildman–Crippen LogP) is 4.57. The Balaban J connectivity index is 2.34. The molecule has 20 heavy (non-hydrogen) atoms. The molecule has 0 saturated heterocycles. The summed E-state index contributed by atoms with van der Waals surface area (Å²) in [6.45, 7) is 0.689. The highest BCUT2D eigenvalue weighted by Gasteiger charge is 2.18. The summed E-state index contributed by atoms with van der Waals surface area (Å²) in [7, 11) is 1.92. The third-order valence-corrected chi connectivity index (χ3v) is 5.33. The number of carboxylic acid groups (broad SMARTS) is 1. The first-order valence-corrected chi connectivity index (χ1v) is 8.77. The molecule has 0 unspecified atom stereocenters. The van der Waals surface area contributed by atoms with Crippen molar-refractivity contribution in [2.45, 2.75) is 11.4 Å². The van der Waals surface area contributed by atoms with Crippen LogP contribution in [0.5, 0.6) is 0 Å². The van der Waals surface area contributed by atoms with Crippen LogP contribution in [0.25, 0.3) is 0 Å². The number of thioether (sulfide) groups is 1. The lowest BCUT2D eigenvalue weighted by Gasteiger charge is -2.21. The van der Waals surface area contributed by atoms with E-state index in [1.54, 1.807) is 11.3 Å². The van der Waals surface area contributed by atoms with E-state index in [4.69, 9.17) is 0 Å². The molecule has 3 nitrogen and oxygen atoms in total. The fraction of sp³-hybridized carbons (Fsp3) is 0.214. The smallest absolute Gasteiger partial charge is 0.338 e. The van der Waals surface area contributed by atoms with Crippen LogP contribution in [0.15, 0.2) is 39.0 Å². The highest BCUT2D eigenvalue weighted by Crippen LogP contribution is 2.31. The Morgan fingerprint density at radius 1 is 1.50 bits per heavy atom. The summed E-state index contributed by atoms with van der Waals surface area (Å²) in [6.07, 6.45) is 1.89. The van der Waals surface area contributed by atoms with Gasteiger partial charge in [0.25, 0.3) is 0 Å². The van der Waals surface area contributed by atoms with Gasteiger partial charge in [-0.15, -0.1) is 23.1 Å². The number of anilines is 1. The summed E-state index contributed by atoms with van der Waals surface area (Å²) in [6, 6.07) is 7.65. The molecule has 0 amide bonds.